The molecule has 41 heavy (non-hydrogen) atoms. The molecule has 7 heteroatoms. The fourth-order valence-electron chi connectivity index (χ4n) is 6.25. The normalized spacial score (nSPS) is 19.7. The van der Waals surface area contributed by atoms with Crippen LogP contribution >= 0.6 is 0 Å². The number of anilines is 2. The number of piperidine rings is 1. The van der Waals surface area contributed by atoms with Crippen molar-refractivity contribution >= 4 is 23.2 Å². The molecule has 1 aliphatic heterocycles. The zero-order chi connectivity index (χ0) is 29.1. The van der Waals surface area contributed by atoms with E-state index in [2.05, 4.69) is 10.6 Å². The van der Waals surface area contributed by atoms with E-state index < -0.39 is 29.3 Å². The number of hydrogen-bond acceptors (Lipinski definition) is 4. The van der Waals surface area contributed by atoms with Gasteiger partial charge in [0, 0.05) is 24.0 Å². The van der Waals surface area contributed by atoms with E-state index in [4.69, 9.17) is 0 Å². The van der Waals surface area contributed by atoms with Gasteiger partial charge in [-0.1, -0.05) is 49.2 Å². The summed E-state index contributed by atoms with van der Waals surface area (Å²) >= 11 is 0. The predicted molar refractivity (Wildman–Crippen MR) is 160 cm³/mol. The number of halogens is 1. The SMILES string of the molecule is Cc1cccc(F)c1C(=O)N1CCCC(C(=O)Nc2cccc(C(C)(C)O)c2)[C@@H]1c1ccc(NC2CCCC2)cc1. The zero-order valence-corrected chi connectivity index (χ0v) is 24.1. The second-order valence-corrected chi connectivity index (χ2v) is 12.0. The number of aliphatic hydroxyl groups is 1. The number of likely N-dealkylation sites (tertiary alicyclic amines) is 1. The number of nitrogens with one attached hydrogen (secondary N) is 2. The van der Waals surface area contributed by atoms with Crippen LogP contribution in [0.4, 0.5) is 15.8 Å². The summed E-state index contributed by atoms with van der Waals surface area (Å²) in [5.41, 5.74) is 2.70. The van der Waals surface area contributed by atoms with Gasteiger partial charge in [0.1, 0.15) is 5.82 Å². The molecule has 1 aliphatic carbocycles. The van der Waals surface area contributed by atoms with Crippen LogP contribution in [0.3, 0.4) is 0 Å². The van der Waals surface area contributed by atoms with Crippen molar-refractivity contribution in [3.8, 4) is 0 Å². The molecular weight excluding hydrogens is 517 g/mol. The molecule has 1 heterocycles. The van der Waals surface area contributed by atoms with Gasteiger partial charge in [-0.25, -0.2) is 4.39 Å². The molecule has 0 radical (unpaired) electrons. The second kappa shape index (κ2) is 12.0. The van der Waals surface area contributed by atoms with Gasteiger partial charge < -0.3 is 20.6 Å². The minimum absolute atomic E-state index is 0.0518. The molecule has 0 spiro atoms. The first-order chi connectivity index (χ1) is 19.6. The van der Waals surface area contributed by atoms with E-state index in [1.807, 2.05) is 30.3 Å². The monoisotopic (exact) mass is 557 g/mol. The Morgan fingerprint density at radius 3 is 2.32 bits per heavy atom. The van der Waals surface area contributed by atoms with Gasteiger partial charge >= 0.3 is 0 Å². The Hall–Kier alpha value is -3.71. The van der Waals surface area contributed by atoms with Crippen LogP contribution in [-0.2, 0) is 10.4 Å². The number of aryl methyl sites for hydroxylation is 1. The highest BCUT2D eigenvalue weighted by molar-refractivity contribution is 5.98. The smallest absolute Gasteiger partial charge is 0.257 e. The van der Waals surface area contributed by atoms with Crippen LogP contribution in [0.5, 0.6) is 0 Å². The Kier molecular flexibility index (Phi) is 8.45. The molecule has 2 fully saturated rings. The Morgan fingerprint density at radius 1 is 0.927 bits per heavy atom. The number of hydrogen-bond donors (Lipinski definition) is 3. The average Bonchev–Trinajstić information content (AvgIpc) is 3.46. The van der Waals surface area contributed by atoms with Crippen molar-refractivity contribution < 1.29 is 19.1 Å². The molecule has 2 amide bonds. The van der Waals surface area contributed by atoms with Crippen molar-refractivity contribution in [1.29, 1.82) is 0 Å². The summed E-state index contributed by atoms with van der Waals surface area (Å²) in [6, 6.07) is 19.7. The third-order valence-corrected chi connectivity index (χ3v) is 8.48. The lowest BCUT2D eigenvalue weighted by atomic mass is 9.83. The molecule has 216 valence electrons. The lowest BCUT2D eigenvalue weighted by molar-refractivity contribution is -0.123. The lowest BCUT2D eigenvalue weighted by Gasteiger charge is -2.41. The summed E-state index contributed by atoms with van der Waals surface area (Å²) in [6.07, 6.45) is 6.00. The van der Waals surface area contributed by atoms with Crippen LogP contribution in [0, 0.1) is 18.7 Å². The van der Waals surface area contributed by atoms with Crippen LogP contribution < -0.4 is 10.6 Å². The van der Waals surface area contributed by atoms with Crippen LogP contribution in [0.2, 0.25) is 0 Å². The fourth-order valence-corrected chi connectivity index (χ4v) is 6.25. The van der Waals surface area contributed by atoms with Crippen LogP contribution in [0.15, 0.2) is 66.7 Å². The van der Waals surface area contributed by atoms with E-state index in [1.165, 1.54) is 18.9 Å². The summed E-state index contributed by atoms with van der Waals surface area (Å²) < 4.78 is 15.0. The Labute approximate surface area is 242 Å². The standard InChI is InChI=1S/C34H40FN3O3/c1-22-9-6-15-29(35)30(22)33(40)38-20-8-14-28(32(39)37-27-13-7-10-24(21-27)34(2,3)41)31(38)23-16-18-26(19-17-23)36-25-11-4-5-12-25/h6-7,9-10,13,15-19,21,25,28,31,36,41H,4-5,8,11-12,14,20H2,1-3H3,(H,37,39)/t28?,31-/m0/s1. The molecule has 2 aliphatic rings. The highest BCUT2D eigenvalue weighted by Gasteiger charge is 2.40. The van der Waals surface area contributed by atoms with Gasteiger partial charge in [0.2, 0.25) is 5.91 Å². The molecule has 0 aromatic heterocycles. The van der Waals surface area contributed by atoms with Crippen molar-refractivity contribution in [1.82, 2.24) is 4.90 Å². The summed E-state index contributed by atoms with van der Waals surface area (Å²) in [4.78, 5) is 29.4. The molecule has 5 rings (SSSR count). The van der Waals surface area contributed by atoms with Crippen molar-refractivity contribution in [2.45, 2.75) is 77.0 Å². The van der Waals surface area contributed by atoms with Gasteiger partial charge in [0.05, 0.1) is 23.1 Å². The Bertz CT molecular complexity index is 1370. The number of amides is 2. The average molecular weight is 558 g/mol. The van der Waals surface area contributed by atoms with Gasteiger partial charge in [-0.2, -0.15) is 0 Å². The molecule has 0 bridgehead atoms. The van der Waals surface area contributed by atoms with E-state index in [1.54, 1.807) is 56.0 Å². The summed E-state index contributed by atoms with van der Waals surface area (Å²) in [7, 11) is 0. The number of nitrogens with zero attached hydrogens (tertiary/aromatic N) is 1. The zero-order valence-electron chi connectivity index (χ0n) is 24.1. The van der Waals surface area contributed by atoms with Gasteiger partial charge in [0.15, 0.2) is 0 Å². The summed E-state index contributed by atoms with van der Waals surface area (Å²) in [6.45, 7) is 5.56. The fraction of sp³-hybridized carbons (Fsp3) is 0.412. The lowest BCUT2D eigenvalue weighted by Crippen LogP contribution is -2.46. The van der Waals surface area contributed by atoms with Crippen molar-refractivity contribution in [2.24, 2.45) is 5.92 Å². The van der Waals surface area contributed by atoms with Crippen molar-refractivity contribution in [2.75, 3.05) is 17.2 Å². The molecule has 3 aromatic rings. The molecule has 2 atom stereocenters. The molecule has 1 saturated carbocycles. The number of benzene rings is 3. The largest absolute Gasteiger partial charge is 0.386 e. The third kappa shape index (κ3) is 6.46. The van der Waals surface area contributed by atoms with E-state index in [-0.39, 0.29) is 11.5 Å². The minimum atomic E-state index is -1.05. The number of carbonyl (C=O) groups is 2. The number of rotatable bonds is 7. The first-order valence-electron chi connectivity index (χ1n) is 14.7. The van der Waals surface area contributed by atoms with E-state index >= 15 is 0 Å². The quantitative estimate of drug-likeness (QED) is 0.294. The second-order valence-electron chi connectivity index (χ2n) is 12.0. The van der Waals surface area contributed by atoms with Gasteiger partial charge in [-0.15, -0.1) is 0 Å². The summed E-state index contributed by atoms with van der Waals surface area (Å²) in [5.74, 6) is -1.71. The van der Waals surface area contributed by atoms with Crippen molar-refractivity contribution in [3.63, 3.8) is 0 Å². The van der Waals surface area contributed by atoms with Gasteiger partial charge in [-0.3, -0.25) is 9.59 Å². The topological polar surface area (TPSA) is 81.7 Å². The maximum absolute atomic E-state index is 15.0. The molecule has 1 unspecified atom stereocenters. The van der Waals surface area contributed by atoms with Gasteiger partial charge in [-0.05, 0) is 93.5 Å². The summed E-state index contributed by atoms with van der Waals surface area (Å²) in [5, 5.41) is 17.1. The highest BCUT2D eigenvalue weighted by atomic mass is 19.1. The van der Waals surface area contributed by atoms with Crippen molar-refractivity contribution in [3.05, 3.63) is 94.8 Å². The number of carbonyl (C=O) groups excluding carboxylic acids is 2. The maximum Gasteiger partial charge on any atom is 0.257 e. The predicted octanol–water partition coefficient (Wildman–Crippen LogP) is 6.95. The van der Waals surface area contributed by atoms with Crippen LogP contribution in [0.25, 0.3) is 0 Å². The van der Waals surface area contributed by atoms with Gasteiger partial charge in [0.25, 0.3) is 5.91 Å². The maximum atomic E-state index is 15.0. The molecule has 1 saturated heterocycles. The third-order valence-electron chi connectivity index (χ3n) is 8.48. The Morgan fingerprint density at radius 2 is 1.63 bits per heavy atom. The molecular formula is C34H40FN3O3. The van der Waals surface area contributed by atoms with Crippen LogP contribution in [-0.4, -0.2) is 34.4 Å². The minimum Gasteiger partial charge on any atom is -0.386 e. The van der Waals surface area contributed by atoms with E-state index in [0.29, 0.717) is 42.2 Å². The molecule has 6 nitrogen and oxygen atoms in total. The molecule has 3 N–H and O–H groups in total. The Balaban J connectivity index is 1.47. The van der Waals surface area contributed by atoms with E-state index in [0.717, 1.165) is 24.1 Å². The molecule has 3 aromatic carbocycles. The highest BCUT2D eigenvalue weighted by Crippen LogP contribution is 2.39. The van der Waals surface area contributed by atoms with Crippen LogP contribution in [0.1, 0.15) is 85.5 Å². The van der Waals surface area contributed by atoms with E-state index in [9.17, 15) is 19.1 Å². The first kappa shape index (κ1) is 28.8. The first-order valence-corrected chi connectivity index (χ1v) is 14.7.